The molecule has 5 heteroatoms. The number of hydrogen-bond acceptors (Lipinski definition) is 3. The van der Waals surface area contributed by atoms with E-state index in [2.05, 4.69) is 4.52 Å². The van der Waals surface area contributed by atoms with Crippen molar-refractivity contribution in [1.29, 1.82) is 0 Å². The third kappa shape index (κ3) is 1.94. The van der Waals surface area contributed by atoms with E-state index in [0.717, 1.165) is 0 Å². The number of halogens is 1. The summed E-state index contributed by atoms with van der Waals surface area (Å²) in [6.45, 7) is 0.653. The average molecular weight is 171 g/mol. The first-order valence-corrected chi connectivity index (χ1v) is 5.01. The molecule has 0 aliphatic carbocycles. The van der Waals surface area contributed by atoms with Crippen LogP contribution in [0.2, 0.25) is 0 Å². The zero-order chi connectivity index (χ0) is 7.12. The lowest BCUT2D eigenvalue weighted by Crippen LogP contribution is -2.20. The van der Waals surface area contributed by atoms with Gasteiger partial charge < -0.3 is 0 Å². The normalized spacial score (nSPS) is 41.2. The van der Waals surface area contributed by atoms with E-state index >= 15 is 0 Å². The topological polar surface area (TPSA) is 35.5 Å². The highest BCUT2D eigenvalue weighted by atomic mass is 35.7. The van der Waals surface area contributed by atoms with E-state index in [1.54, 1.807) is 13.8 Å². The van der Waals surface area contributed by atoms with Gasteiger partial charge >= 0.3 is 6.95 Å². The van der Waals surface area contributed by atoms with Gasteiger partial charge in [0.2, 0.25) is 0 Å². The monoisotopic (exact) mass is 170 g/mol. The highest BCUT2D eigenvalue weighted by molar-refractivity contribution is 7.81. The maximum atomic E-state index is 10.8. The van der Waals surface area contributed by atoms with Crippen LogP contribution in [0.25, 0.3) is 0 Å². The van der Waals surface area contributed by atoms with Crippen LogP contribution in [0.5, 0.6) is 0 Å². The fourth-order valence-electron chi connectivity index (χ4n) is 0.580. The Labute approximate surface area is 58.6 Å². The van der Waals surface area contributed by atoms with Gasteiger partial charge in [-0.2, -0.15) is 0 Å². The Morgan fingerprint density at radius 1 is 1.67 bits per heavy atom. The van der Waals surface area contributed by atoms with Gasteiger partial charge in [-0.1, -0.05) is 0 Å². The van der Waals surface area contributed by atoms with Crippen molar-refractivity contribution in [3.05, 3.63) is 0 Å². The van der Waals surface area contributed by atoms with Gasteiger partial charge in [0.15, 0.2) is 0 Å². The van der Waals surface area contributed by atoms with E-state index < -0.39 is 12.5 Å². The van der Waals surface area contributed by atoms with Gasteiger partial charge in [0.05, 0.1) is 12.2 Å². The van der Waals surface area contributed by atoms with Crippen molar-refractivity contribution in [2.75, 3.05) is 6.61 Å². The lowest BCUT2D eigenvalue weighted by Gasteiger charge is -2.11. The summed E-state index contributed by atoms with van der Waals surface area (Å²) in [6, 6.07) is 0. The zero-order valence-corrected chi connectivity index (χ0v) is 6.91. The molecule has 0 amide bonds. The van der Waals surface area contributed by atoms with Crippen molar-refractivity contribution in [2.45, 2.75) is 19.4 Å². The maximum Gasteiger partial charge on any atom is 0.424 e. The Kier molecular flexibility index (Phi) is 1.64. The standard InChI is InChI=1S/C4H8ClO3P/c1-4(2)3-7-9(5,6)8-4/h3H2,1-2H3. The summed E-state index contributed by atoms with van der Waals surface area (Å²) in [7, 11) is 0. The van der Waals surface area contributed by atoms with E-state index in [1.165, 1.54) is 0 Å². The van der Waals surface area contributed by atoms with E-state index in [4.69, 9.17) is 15.8 Å². The molecule has 1 rings (SSSR count). The Morgan fingerprint density at radius 3 is 2.33 bits per heavy atom. The summed E-state index contributed by atoms with van der Waals surface area (Å²) in [4.78, 5) is 0. The minimum Gasteiger partial charge on any atom is -0.294 e. The molecule has 0 aromatic rings. The molecular weight excluding hydrogens is 162 g/mol. The summed E-state index contributed by atoms with van der Waals surface area (Å²) in [5.74, 6) is 0. The molecule has 0 aromatic heterocycles. The molecule has 1 atom stereocenters. The lowest BCUT2D eigenvalue weighted by molar-refractivity contribution is 0.139. The quantitative estimate of drug-likeness (QED) is 0.523. The fraction of sp³-hybridized carbons (Fsp3) is 1.00. The third-order valence-corrected chi connectivity index (χ3v) is 2.57. The van der Waals surface area contributed by atoms with Gasteiger partial charge in [0.25, 0.3) is 0 Å². The molecule has 0 saturated carbocycles. The summed E-state index contributed by atoms with van der Waals surface area (Å²) in [6.07, 6.45) is 0. The second-order valence-corrected chi connectivity index (χ2v) is 5.10. The Morgan fingerprint density at radius 2 is 2.22 bits per heavy atom. The molecule has 1 fully saturated rings. The molecule has 1 aliphatic heterocycles. The van der Waals surface area contributed by atoms with Gasteiger partial charge in [0, 0.05) is 11.2 Å². The van der Waals surface area contributed by atoms with Crippen molar-refractivity contribution < 1.29 is 13.6 Å². The van der Waals surface area contributed by atoms with Crippen LogP contribution in [0.1, 0.15) is 13.8 Å². The predicted octanol–water partition coefficient (Wildman–Crippen LogP) is 2.16. The van der Waals surface area contributed by atoms with Crippen LogP contribution in [0, 0.1) is 0 Å². The molecule has 3 nitrogen and oxygen atoms in total. The van der Waals surface area contributed by atoms with Crippen LogP contribution in [0.4, 0.5) is 0 Å². The summed E-state index contributed by atoms with van der Waals surface area (Å²) >= 11 is 5.26. The number of hydrogen-bond donors (Lipinski definition) is 0. The van der Waals surface area contributed by atoms with Gasteiger partial charge in [-0.3, -0.25) is 9.05 Å². The molecule has 1 aliphatic rings. The smallest absolute Gasteiger partial charge is 0.294 e. The van der Waals surface area contributed by atoms with Gasteiger partial charge in [-0.15, -0.1) is 0 Å². The molecule has 0 aromatic carbocycles. The third-order valence-electron chi connectivity index (χ3n) is 0.923. The average Bonchev–Trinajstić information content (AvgIpc) is 1.78. The van der Waals surface area contributed by atoms with Crippen LogP contribution >= 0.6 is 18.2 Å². The van der Waals surface area contributed by atoms with Crippen LogP contribution in [0.15, 0.2) is 0 Å². The van der Waals surface area contributed by atoms with Crippen LogP contribution < -0.4 is 0 Å². The summed E-state index contributed by atoms with van der Waals surface area (Å²) < 4.78 is 20.2. The summed E-state index contributed by atoms with van der Waals surface area (Å²) in [5, 5.41) is 0. The van der Waals surface area contributed by atoms with Crippen molar-refractivity contribution in [3.8, 4) is 0 Å². The lowest BCUT2D eigenvalue weighted by atomic mass is 10.2. The molecule has 54 valence electrons. The zero-order valence-electron chi connectivity index (χ0n) is 5.26. The second-order valence-electron chi connectivity index (χ2n) is 2.56. The Balaban J connectivity index is 2.69. The Bertz CT molecular complexity index is 167. The first-order valence-electron chi connectivity index (χ1n) is 2.56. The van der Waals surface area contributed by atoms with E-state index in [9.17, 15) is 4.57 Å². The van der Waals surface area contributed by atoms with Crippen LogP contribution in [-0.2, 0) is 13.6 Å². The molecule has 1 heterocycles. The first kappa shape index (κ1) is 7.55. The van der Waals surface area contributed by atoms with Gasteiger partial charge in [0.1, 0.15) is 0 Å². The minimum absolute atomic E-state index is 0.299. The van der Waals surface area contributed by atoms with E-state index in [0.29, 0.717) is 6.61 Å². The summed E-state index contributed by atoms with van der Waals surface area (Å²) in [5.41, 5.74) is -0.489. The Hall–Kier alpha value is 0.440. The molecule has 0 spiro atoms. The van der Waals surface area contributed by atoms with Crippen LogP contribution in [-0.4, -0.2) is 12.2 Å². The largest absolute Gasteiger partial charge is 0.424 e. The molecule has 9 heavy (non-hydrogen) atoms. The SMILES string of the molecule is CC1(C)COP(=O)(Cl)O1. The molecule has 1 unspecified atom stereocenters. The minimum atomic E-state index is -3.19. The van der Waals surface area contributed by atoms with Gasteiger partial charge in [-0.25, -0.2) is 4.57 Å². The molecule has 0 radical (unpaired) electrons. The molecule has 1 saturated heterocycles. The molecule has 0 N–H and O–H groups in total. The fourth-order valence-corrected chi connectivity index (χ4v) is 2.45. The first-order chi connectivity index (χ1) is 3.91. The number of rotatable bonds is 0. The van der Waals surface area contributed by atoms with Crippen molar-refractivity contribution in [2.24, 2.45) is 0 Å². The highest BCUT2D eigenvalue weighted by Gasteiger charge is 2.40. The van der Waals surface area contributed by atoms with E-state index in [-0.39, 0.29) is 0 Å². The maximum absolute atomic E-state index is 10.8. The molecular formula is C4H8ClO3P. The van der Waals surface area contributed by atoms with Crippen molar-refractivity contribution >= 4 is 18.2 Å². The van der Waals surface area contributed by atoms with Gasteiger partial charge in [-0.05, 0) is 13.8 Å². The highest BCUT2D eigenvalue weighted by Crippen LogP contribution is 2.61. The molecule has 0 bridgehead atoms. The predicted molar refractivity (Wildman–Crippen MR) is 34.6 cm³/mol. The second kappa shape index (κ2) is 1.96. The van der Waals surface area contributed by atoms with Crippen molar-refractivity contribution in [1.82, 2.24) is 0 Å². The van der Waals surface area contributed by atoms with Crippen LogP contribution in [0.3, 0.4) is 0 Å². The van der Waals surface area contributed by atoms with Crippen molar-refractivity contribution in [3.63, 3.8) is 0 Å². The van der Waals surface area contributed by atoms with E-state index in [1.807, 2.05) is 0 Å².